The first-order valence-electron chi connectivity index (χ1n) is 11.4. The van der Waals surface area contributed by atoms with Crippen molar-refractivity contribution in [2.24, 2.45) is 17.6 Å². The number of carbonyl (C=O) groups excluding carboxylic acids is 3. The standard InChI is InChI=1S/C22H38N6O6/c1-6-12(4)17(27-19(30)15(23)8-14-9-24-10-25-14)21(32)26-16(7-11(2)3)20(31)28-18(13(5)29)22(33)34/h9-13,15-18,29H,6-8,23H2,1-5H3,(H,24,25)(H,26,32)(H,27,30)(H,28,31)(H,33,34). The van der Waals surface area contributed by atoms with E-state index in [0.29, 0.717) is 12.1 Å². The summed E-state index contributed by atoms with van der Waals surface area (Å²) in [5.74, 6) is -3.52. The number of aromatic nitrogens is 2. The topological polar surface area (TPSA) is 200 Å². The van der Waals surface area contributed by atoms with Crippen molar-refractivity contribution in [3.63, 3.8) is 0 Å². The number of carbonyl (C=O) groups is 4. The first-order valence-corrected chi connectivity index (χ1v) is 11.4. The highest BCUT2D eigenvalue weighted by molar-refractivity contribution is 5.94. The molecular formula is C22H38N6O6. The zero-order chi connectivity index (χ0) is 26.0. The number of aliphatic carboxylic acids is 1. The lowest BCUT2D eigenvalue weighted by Crippen LogP contribution is -2.59. The number of nitrogens with one attached hydrogen (secondary N) is 4. The molecule has 0 aliphatic rings. The van der Waals surface area contributed by atoms with Crippen LogP contribution >= 0.6 is 0 Å². The van der Waals surface area contributed by atoms with Crippen LogP contribution in [0.4, 0.5) is 0 Å². The molecule has 0 aromatic carbocycles. The van der Waals surface area contributed by atoms with E-state index < -0.39 is 54.0 Å². The monoisotopic (exact) mass is 482 g/mol. The fourth-order valence-electron chi connectivity index (χ4n) is 3.30. The lowest BCUT2D eigenvalue weighted by Gasteiger charge is -2.28. The Morgan fingerprint density at radius 3 is 2.12 bits per heavy atom. The lowest BCUT2D eigenvalue weighted by molar-refractivity contribution is -0.145. The first kappa shape index (κ1) is 29.0. The molecule has 1 aromatic rings. The van der Waals surface area contributed by atoms with Gasteiger partial charge in [-0.25, -0.2) is 9.78 Å². The summed E-state index contributed by atoms with van der Waals surface area (Å²) in [4.78, 5) is 56.7. The van der Waals surface area contributed by atoms with Gasteiger partial charge >= 0.3 is 5.97 Å². The fraction of sp³-hybridized carbons (Fsp3) is 0.682. The number of imidazole rings is 1. The normalized spacial score (nSPS) is 16.6. The molecule has 0 aliphatic heterocycles. The smallest absolute Gasteiger partial charge is 0.328 e. The highest BCUT2D eigenvalue weighted by atomic mass is 16.4. The molecule has 0 bridgehead atoms. The number of hydrogen-bond acceptors (Lipinski definition) is 7. The minimum atomic E-state index is -1.52. The summed E-state index contributed by atoms with van der Waals surface area (Å²) in [6, 6.07) is -4.46. The van der Waals surface area contributed by atoms with Gasteiger partial charge in [-0.15, -0.1) is 0 Å². The molecule has 6 atom stereocenters. The van der Waals surface area contributed by atoms with E-state index in [4.69, 9.17) is 5.73 Å². The number of rotatable bonds is 14. The molecule has 0 saturated carbocycles. The molecule has 0 aliphatic carbocycles. The highest BCUT2D eigenvalue weighted by Crippen LogP contribution is 2.12. The van der Waals surface area contributed by atoms with Crippen molar-refractivity contribution in [2.45, 2.75) is 84.2 Å². The molecule has 0 radical (unpaired) electrons. The fourth-order valence-corrected chi connectivity index (χ4v) is 3.30. The Morgan fingerprint density at radius 1 is 1.03 bits per heavy atom. The maximum atomic E-state index is 13.1. The van der Waals surface area contributed by atoms with E-state index >= 15 is 0 Å². The SMILES string of the molecule is CCC(C)C(NC(=O)C(N)Cc1cnc[nH]1)C(=O)NC(CC(C)C)C(=O)NC(C(=O)O)C(C)O. The van der Waals surface area contributed by atoms with Crippen LogP contribution in [0.15, 0.2) is 12.5 Å². The zero-order valence-electron chi connectivity index (χ0n) is 20.4. The van der Waals surface area contributed by atoms with Crippen LogP contribution in [0.25, 0.3) is 0 Å². The molecule has 6 unspecified atom stereocenters. The van der Waals surface area contributed by atoms with Gasteiger partial charge in [0.25, 0.3) is 0 Å². The molecule has 192 valence electrons. The van der Waals surface area contributed by atoms with Crippen LogP contribution in [0, 0.1) is 11.8 Å². The third-order valence-electron chi connectivity index (χ3n) is 5.51. The number of aliphatic hydroxyl groups excluding tert-OH is 1. The van der Waals surface area contributed by atoms with Crippen molar-refractivity contribution in [2.75, 3.05) is 0 Å². The zero-order valence-corrected chi connectivity index (χ0v) is 20.4. The summed E-state index contributed by atoms with van der Waals surface area (Å²) in [6.07, 6.45) is 2.69. The minimum Gasteiger partial charge on any atom is -0.480 e. The number of carboxylic acid groups (broad SMARTS) is 1. The van der Waals surface area contributed by atoms with Gasteiger partial charge in [-0.05, 0) is 25.2 Å². The Morgan fingerprint density at radius 2 is 1.65 bits per heavy atom. The van der Waals surface area contributed by atoms with E-state index in [1.807, 2.05) is 20.8 Å². The molecule has 12 nitrogen and oxygen atoms in total. The van der Waals surface area contributed by atoms with Crippen LogP contribution < -0.4 is 21.7 Å². The number of carboxylic acids is 1. The maximum absolute atomic E-state index is 13.1. The predicted octanol–water partition coefficient (Wildman–Crippen LogP) is -0.708. The second kappa shape index (κ2) is 13.7. The van der Waals surface area contributed by atoms with Gasteiger partial charge in [0.05, 0.1) is 18.5 Å². The second-order valence-electron chi connectivity index (χ2n) is 9.02. The van der Waals surface area contributed by atoms with E-state index in [1.54, 1.807) is 13.1 Å². The maximum Gasteiger partial charge on any atom is 0.328 e. The van der Waals surface area contributed by atoms with E-state index in [0.717, 1.165) is 0 Å². The van der Waals surface area contributed by atoms with Crippen LogP contribution in [0.3, 0.4) is 0 Å². The Balaban J connectivity index is 2.97. The molecule has 0 spiro atoms. The summed E-state index contributed by atoms with van der Waals surface area (Å²) in [5, 5.41) is 26.5. The van der Waals surface area contributed by atoms with Gasteiger partial charge in [0.15, 0.2) is 6.04 Å². The van der Waals surface area contributed by atoms with Crippen LogP contribution in [0.2, 0.25) is 0 Å². The Hall–Kier alpha value is -2.99. The number of amides is 3. The lowest BCUT2D eigenvalue weighted by atomic mass is 9.96. The summed E-state index contributed by atoms with van der Waals surface area (Å²) in [5.41, 5.74) is 6.66. The van der Waals surface area contributed by atoms with Crippen molar-refractivity contribution >= 4 is 23.7 Å². The molecule has 0 fully saturated rings. The molecule has 0 saturated heterocycles. The molecule has 1 rings (SSSR count). The van der Waals surface area contributed by atoms with Crippen molar-refractivity contribution < 1.29 is 29.4 Å². The molecule has 1 aromatic heterocycles. The summed E-state index contributed by atoms with van der Waals surface area (Å²) < 4.78 is 0. The van der Waals surface area contributed by atoms with E-state index in [-0.39, 0.29) is 24.7 Å². The Bertz CT molecular complexity index is 813. The van der Waals surface area contributed by atoms with Crippen molar-refractivity contribution in [1.29, 1.82) is 0 Å². The van der Waals surface area contributed by atoms with Crippen LogP contribution in [-0.2, 0) is 25.6 Å². The second-order valence-corrected chi connectivity index (χ2v) is 9.02. The number of H-pyrrole nitrogens is 1. The molecule has 34 heavy (non-hydrogen) atoms. The van der Waals surface area contributed by atoms with Gasteiger partial charge in [0, 0.05) is 18.3 Å². The van der Waals surface area contributed by atoms with E-state index in [9.17, 15) is 29.4 Å². The summed E-state index contributed by atoms with van der Waals surface area (Å²) in [6.45, 7) is 8.59. The van der Waals surface area contributed by atoms with Crippen molar-refractivity contribution in [3.8, 4) is 0 Å². The first-order chi connectivity index (χ1) is 15.9. The van der Waals surface area contributed by atoms with Gasteiger partial charge in [-0.1, -0.05) is 34.1 Å². The number of nitrogens with zero attached hydrogens (tertiary/aromatic N) is 1. The third-order valence-corrected chi connectivity index (χ3v) is 5.51. The van der Waals surface area contributed by atoms with Crippen molar-refractivity contribution in [3.05, 3.63) is 18.2 Å². The average molecular weight is 483 g/mol. The van der Waals surface area contributed by atoms with Crippen LogP contribution in [0.1, 0.15) is 53.2 Å². The van der Waals surface area contributed by atoms with Crippen molar-refractivity contribution in [1.82, 2.24) is 25.9 Å². The van der Waals surface area contributed by atoms with Gasteiger partial charge in [-0.3, -0.25) is 14.4 Å². The average Bonchev–Trinajstić information content (AvgIpc) is 3.26. The molecule has 8 N–H and O–H groups in total. The number of nitrogens with two attached hydrogens (primary N) is 1. The van der Waals surface area contributed by atoms with Gasteiger partial charge in [0.1, 0.15) is 12.1 Å². The number of hydrogen-bond donors (Lipinski definition) is 7. The molecule has 1 heterocycles. The summed E-state index contributed by atoms with van der Waals surface area (Å²) >= 11 is 0. The van der Waals surface area contributed by atoms with Gasteiger partial charge in [-0.2, -0.15) is 0 Å². The Kier molecular flexibility index (Phi) is 11.7. The molecular weight excluding hydrogens is 444 g/mol. The molecule has 3 amide bonds. The molecule has 12 heteroatoms. The largest absolute Gasteiger partial charge is 0.480 e. The number of aromatic amines is 1. The number of aliphatic hydroxyl groups is 1. The van der Waals surface area contributed by atoms with E-state index in [2.05, 4.69) is 25.9 Å². The third kappa shape index (κ3) is 9.10. The van der Waals surface area contributed by atoms with Gasteiger partial charge < -0.3 is 36.9 Å². The van der Waals surface area contributed by atoms with Crippen LogP contribution in [0.5, 0.6) is 0 Å². The highest BCUT2D eigenvalue weighted by Gasteiger charge is 2.33. The van der Waals surface area contributed by atoms with Crippen LogP contribution in [-0.4, -0.2) is 74.1 Å². The predicted molar refractivity (Wildman–Crippen MR) is 124 cm³/mol. The van der Waals surface area contributed by atoms with E-state index in [1.165, 1.54) is 13.3 Å². The quantitative estimate of drug-likeness (QED) is 0.180. The Labute approximate surface area is 199 Å². The van der Waals surface area contributed by atoms with Gasteiger partial charge in [0.2, 0.25) is 17.7 Å². The minimum absolute atomic E-state index is 0.00894. The summed E-state index contributed by atoms with van der Waals surface area (Å²) in [7, 11) is 0.